The van der Waals surface area contributed by atoms with Crippen LogP contribution in [0.2, 0.25) is 0 Å². The van der Waals surface area contributed by atoms with Crippen LogP contribution in [0.25, 0.3) is 0 Å². The number of anilines is 1. The average molecular weight is 448 g/mol. The summed E-state index contributed by atoms with van der Waals surface area (Å²) in [5, 5.41) is 4.11. The second-order valence-electron chi connectivity index (χ2n) is 8.38. The summed E-state index contributed by atoms with van der Waals surface area (Å²) in [6, 6.07) is 13.7. The molecule has 32 heavy (non-hydrogen) atoms. The second-order valence-corrected chi connectivity index (χ2v) is 9.16. The fraction of sp³-hybridized carbons (Fsp3) is 0.320. The Kier molecular flexibility index (Phi) is 5.66. The van der Waals surface area contributed by atoms with Gasteiger partial charge in [-0.2, -0.15) is 11.3 Å². The van der Waals surface area contributed by atoms with Crippen LogP contribution in [-0.4, -0.2) is 41.1 Å². The number of benzene rings is 1. The molecule has 3 aromatic rings. The van der Waals surface area contributed by atoms with Gasteiger partial charge in [0.25, 0.3) is 0 Å². The number of hydrogen-bond acceptors (Lipinski definition) is 6. The van der Waals surface area contributed by atoms with Gasteiger partial charge in [-0.1, -0.05) is 30.3 Å². The summed E-state index contributed by atoms with van der Waals surface area (Å²) in [6.07, 6.45) is 3.01. The number of pyridine rings is 1. The third kappa shape index (κ3) is 4.00. The molecule has 7 heteroatoms. The number of ether oxygens (including phenoxy) is 1. The minimum Gasteiger partial charge on any atom is -0.447 e. The molecule has 2 amide bonds. The number of aryl methyl sites for hydroxylation is 1. The summed E-state index contributed by atoms with van der Waals surface area (Å²) in [5.41, 5.74) is 5.41. The summed E-state index contributed by atoms with van der Waals surface area (Å²) in [4.78, 5) is 34.2. The van der Waals surface area contributed by atoms with Gasteiger partial charge in [-0.05, 0) is 52.9 Å². The topological polar surface area (TPSA) is 62.7 Å². The predicted molar refractivity (Wildman–Crippen MR) is 124 cm³/mol. The van der Waals surface area contributed by atoms with Gasteiger partial charge >= 0.3 is 6.09 Å². The van der Waals surface area contributed by atoms with Gasteiger partial charge in [-0.25, -0.2) is 9.69 Å². The van der Waals surface area contributed by atoms with Gasteiger partial charge in [0.2, 0.25) is 5.91 Å². The predicted octanol–water partition coefficient (Wildman–Crippen LogP) is 4.54. The number of rotatable bonds is 6. The van der Waals surface area contributed by atoms with E-state index in [9.17, 15) is 9.59 Å². The lowest BCUT2D eigenvalue weighted by Gasteiger charge is -2.31. The van der Waals surface area contributed by atoms with Crippen LogP contribution in [0.5, 0.6) is 0 Å². The maximum absolute atomic E-state index is 13.5. The molecule has 2 atom stereocenters. The molecule has 5 rings (SSSR count). The molecule has 6 nitrogen and oxygen atoms in total. The number of carbonyl (C=O) groups excluding carboxylic acids is 2. The molecular formula is C25H25N3O3S. The zero-order valence-corrected chi connectivity index (χ0v) is 18.8. The van der Waals surface area contributed by atoms with Crippen LogP contribution in [0, 0.1) is 6.92 Å². The molecule has 2 aliphatic rings. The van der Waals surface area contributed by atoms with Gasteiger partial charge < -0.3 is 9.64 Å². The standard InChI is InChI=1S/C25H25N3O3S/c1-17-11-23-21(26-14-17)7-9-27(23)22(19-8-10-32-16-19)13-24(29)28-20(15-31-25(28)30)12-18-5-3-2-4-6-18/h2-6,8,10-11,14,16,20,22H,7,9,12-13,15H2,1H3/t20-,22+/m0/s1. The number of amides is 2. The lowest BCUT2D eigenvalue weighted by molar-refractivity contribution is -0.129. The number of fused-ring (bicyclic) bond motifs is 1. The minimum absolute atomic E-state index is 0.149. The van der Waals surface area contributed by atoms with E-state index in [1.165, 1.54) is 4.90 Å². The normalized spacial score (nSPS) is 18.5. The van der Waals surface area contributed by atoms with Gasteiger partial charge in [0.05, 0.1) is 29.9 Å². The summed E-state index contributed by atoms with van der Waals surface area (Å²) >= 11 is 1.61. The van der Waals surface area contributed by atoms with E-state index in [4.69, 9.17) is 4.74 Å². The van der Waals surface area contributed by atoms with Crippen molar-refractivity contribution in [2.75, 3.05) is 18.1 Å². The highest BCUT2D eigenvalue weighted by molar-refractivity contribution is 7.08. The van der Waals surface area contributed by atoms with Gasteiger partial charge in [0.15, 0.2) is 0 Å². The van der Waals surface area contributed by atoms with Crippen LogP contribution in [0.1, 0.15) is 34.8 Å². The molecular weight excluding hydrogens is 422 g/mol. The van der Waals surface area contributed by atoms with E-state index >= 15 is 0 Å². The van der Waals surface area contributed by atoms with Crippen molar-refractivity contribution in [3.8, 4) is 0 Å². The van der Waals surface area contributed by atoms with Crippen LogP contribution in [0.15, 0.2) is 59.4 Å². The van der Waals surface area contributed by atoms with Crippen molar-refractivity contribution in [1.29, 1.82) is 0 Å². The average Bonchev–Trinajstić information content (AvgIpc) is 3.53. The largest absolute Gasteiger partial charge is 0.447 e. The van der Waals surface area contributed by atoms with E-state index in [1.54, 1.807) is 11.3 Å². The molecule has 0 bridgehead atoms. The van der Waals surface area contributed by atoms with Crippen molar-refractivity contribution in [1.82, 2.24) is 9.88 Å². The quantitative estimate of drug-likeness (QED) is 0.555. The molecule has 1 fully saturated rings. The van der Waals surface area contributed by atoms with E-state index in [1.807, 2.05) is 48.8 Å². The molecule has 164 valence electrons. The molecule has 0 spiro atoms. The van der Waals surface area contributed by atoms with Gasteiger partial charge in [-0.15, -0.1) is 0 Å². The third-order valence-corrected chi connectivity index (χ3v) is 6.90. The van der Waals surface area contributed by atoms with Crippen molar-refractivity contribution in [2.45, 2.75) is 38.3 Å². The van der Waals surface area contributed by atoms with E-state index < -0.39 is 6.09 Å². The number of hydrogen-bond donors (Lipinski definition) is 0. The maximum atomic E-state index is 13.5. The van der Waals surface area contributed by atoms with Crippen molar-refractivity contribution < 1.29 is 14.3 Å². The van der Waals surface area contributed by atoms with Crippen LogP contribution < -0.4 is 4.90 Å². The van der Waals surface area contributed by atoms with Crippen molar-refractivity contribution in [3.05, 3.63) is 81.8 Å². The van der Waals surface area contributed by atoms with Crippen LogP contribution in [0.4, 0.5) is 10.5 Å². The molecule has 0 saturated carbocycles. The molecule has 0 N–H and O–H groups in total. The smallest absolute Gasteiger partial charge is 0.416 e. The Morgan fingerprint density at radius 1 is 1.28 bits per heavy atom. The van der Waals surface area contributed by atoms with E-state index in [0.29, 0.717) is 6.42 Å². The number of cyclic esters (lactones) is 1. The Morgan fingerprint density at radius 2 is 2.12 bits per heavy atom. The Labute approximate surface area is 191 Å². The molecule has 0 aliphatic carbocycles. The fourth-order valence-corrected chi connectivity index (χ4v) is 5.34. The van der Waals surface area contributed by atoms with E-state index in [0.717, 1.165) is 41.0 Å². The molecule has 2 aromatic heterocycles. The first-order valence-electron chi connectivity index (χ1n) is 10.9. The first-order valence-corrected chi connectivity index (χ1v) is 11.8. The van der Waals surface area contributed by atoms with Crippen LogP contribution in [0.3, 0.4) is 0 Å². The van der Waals surface area contributed by atoms with Gasteiger partial charge in [0.1, 0.15) is 6.61 Å². The Morgan fingerprint density at radius 3 is 2.91 bits per heavy atom. The molecule has 1 saturated heterocycles. The number of carbonyl (C=O) groups is 2. The highest BCUT2D eigenvalue weighted by Gasteiger charge is 2.40. The lowest BCUT2D eigenvalue weighted by Crippen LogP contribution is -2.42. The molecule has 4 heterocycles. The monoisotopic (exact) mass is 447 g/mol. The van der Waals surface area contributed by atoms with Crippen molar-refractivity contribution in [2.24, 2.45) is 0 Å². The number of thiophene rings is 1. The first-order chi connectivity index (χ1) is 15.6. The Balaban J connectivity index is 1.40. The zero-order valence-electron chi connectivity index (χ0n) is 17.9. The second kappa shape index (κ2) is 8.74. The zero-order chi connectivity index (χ0) is 22.1. The molecule has 0 unspecified atom stereocenters. The fourth-order valence-electron chi connectivity index (χ4n) is 4.63. The summed E-state index contributed by atoms with van der Waals surface area (Å²) in [5.74, 6) is -0.196. The Hall–Kier alpha value is -3.19. The maximum Gasteiger partial charge on any atom is 0.416 e. The van der Waals surface area contributed by atoms with Gasteiger partial charge in [0, 0.05) is 19.2 Å². The summed E-state index contributed by atoms with van der Waals surface area (Å²) in [6.45, 7) is 3.07. The highest BCUT2D eigenvalue weighted by Crippen LogP contribution is 2.38. The lowest BCUT2D eigenvalue weighted by atomic mass is 10.0. The van der Waals surface area contributed by atoms with E-state index in [2.05, 4.69) is 27.4 Å². The number of nitrogens with zero attached hydrogens (tertiary/aromatic N) is 3. The van der Waals surface area contributed by atoms with Crippen LogP contribution in [-0.2, 0) is 22.4 Å². The number of imide groups is 1. The molecule has 1 aromatic carbocycles. The SMILES string of the molecule is Cc1cnc2c(c1)N([C@H](CC(=O)N1C(=O)OC[C@@H]1Cc1ccccc1)c1ccsc1)CC2. The van der Waals surface area contributed by atoms with Crippen molar-refractivity contribution >= 4 is 29.0 Å². The van der Waals surface area contributed by atoms with E-state index in [-0.39, 0.29) is 31.0 Å². The third-order valence-electron chi connectivity index (χ3n) is 6.20. The molecule has 2 aliphatic heterocycles. The summed E-state index contributed by atoms with van der Waals surface area (Å²) < 4.78 is 5.29. The number of aromatic nitrogens is 1. The van der Waals surface area contributed by atoms with Crippen LogP contribution >= 0.6 is 11.3 Å². The first kappa shape index (κ1) is 20.7. The summed E-state index contributed by atoms with van der Waals surface area (Å²) in [7, 11) is 0. The van der Waals surface area contributed by atoms with Crippen molar-refractivity contribution in [3.63, 3.8) is 0 Å². The molecule has 0 radical (unpaired) electrons. The minimum atomic E-state index is -0.542. The van der Waals surface area contributed by atoms with Gasteiger partial charge in [-0.3, -0.25) is 9.78 Å². The highest BCUT2D eigenvalue weighted by atomic mass is 32.1. The Bertz CT molecular complexity index is 1120.